The molecule has 2 nitrogen and oxygen atoms in total. The van der Waals surface area contributed by atoms with Gasteiger partial charge in [0, 0.05) is 6.61 Å². The van der Waals surface area contributed by atoms with Gasteiger partial charge in [0.05, 0.1) is 0 Å². The second-order valence-electron chi connectivity index (χ2n) is 9.97. The Kier molecular flexibility index (Phi) is 12.1. The standard InChI is InChI=1S/C34H46O2/c1-4-7-8-10-13-27-15-17-29(18-16-27)26-36-32-20-22-34(31(6-3)25-32)33-21-19-28(24-30(33)5-2)14-11-9-12-23-35/h15-22,24-25,35H,4-14,23,26H2,1-3H3. The topological polar surface area (TPSA) is 29.5 Å². The largest absolute Gasteiger partial charge is 0.489 e. The number of aliphatic hydroxyl groups is 1. The van der Waals surface area contributed by atoms with E-state index >= 15 is 0 Å². The molecule has 3 aromatic carbocycles. The van der Waals surface area contributed by atoms with E-state index in [1.54, 1.807) is 0 Å². The maximum absolute atomic E-state index is 9.01. The number of unbranched alkanes of at least 4 members (excludes halogenated alkanes) is 5. The van der Waals surface area contributed by atoms with E-state index in [1.807, 2.05) is 0 Å². The Morgan fingerprint density at radius 1 is 0.583 bits per heavy atom. The highest BCUT2D eigenvalue weighted by Crippen LogP contribution is 2.32. The number of hydrogen-bond acceptors (Lipinski definition) is 2. The van der Waals surface area contributed by atoms with Gasteiger partial charge in [-0.15, -0.1) is 0 Å². The zero-order chi connectivity index (χ0) is 25.6. The van der Waals surface area contributed by atoms with Crippen LogP contribution < -0.4 is 4.74 Å². The Balaban J connectivity index is 1.64. The number of rotatable bonds is 16. The second kappa shape index (κ2) is 15.5. The minimum Gasteiger partial charge on any atom is -0.489 e. The average Bonchev–Trinajstić information content (AvgIpc) is 2.92. The third-order valence-electron chi connectivity index (χ3n) is 7.17. The molecule has 0 radical (unpaired) electrons. The van der Waals surface area contributed by atoms with Crippen LogP contribution in [0.4, 0.5) is 0 Å². The lowest BCUT2D eigenvalue weighted by molar-refractivity contribution is 0.283. The Labute approximate surface area is 219 Å². The third kappa shape index (κ3) is 8.52. The van der Waals surface area contributed by atoms with Crippen LogP contribution >= 0.6 is 0 Å². The van der Waals surface area contributed by atoms with Gasteiger partial charge in [-0.1, -0.05) is 95.0 Å². The summed E-state index contributed by atoms with van der Waals surface area (Å²) in [5, 5.41) is 9.01. The van der Waals surface area contributed by atoms with E-state index < -0.39 is 0 Å². The van der Waals surface area contributed by atoms with Crippen molar-refractivity contribution in [2.24, 2.45) is 0 Å². The molecule has 0 saturated carbocycles. The smallest absolute Gasteiger partial charge is 0.120 e. The van der Waals surface area contributed by atoms with Gasteiger partial charge in [-0.2, -0.15) is 0 Å². The summed E-state index contributed by atoms with van der Waals surface area (Å²) in [6.45, 7) is 7.63. The molecular formula is C34H46O2. The fourth-order valence-electron chi connectivity index (χ4n) is 4.92. The number of benzene rings is 3. The van der Waals surface area contributed by atoms with Crippen LogP contribution in [0.15, 0.2) is 60.7 Å². The van der Waals surface area contributed by atoms with Crippen molar-refractivity contribution in [1.29, 1.82) is 0 Å². The van der Waals surface area contributed by atoms with Crippen LogP contribution in [0.3, 0.4) is 0 Å². The van der Waals surface area contributed by atoms with Gasteiger partial charge in [0.15, 0.2) is 0 Å². The van der Waals surface area contributed by atoms with E-state index in [-0.39, 0.29) is 0 Å². The van der Waals surface area contributed by atoms with Crippen LogP contribution in [0.2, 0.25) is 0 Å². The van der Waals surface area contributed by atoms with Crippen LogP contribution in [-0.2, 0) is 32.3 Å². The summed E-state index contributed by atoms with van der Waals surface area (Å²) in [5.74, 6) is 0.942. The van der Waals surface area contributed by atoms with Gasteiger partial charge < -0.3 is 9.84 Å². The van der Waals surface area contributed by atoms with Gasteiger partial charge in [0.2, 0.25) is 0 Å². The van der Waals surface area contributed by atoms with Crippen molar-refractivity contribution in [3.63, 3.8) is 0 Å². The first-order valence-corrected chi connectivity index (χ1v) is 14.2. The monoisotopic (exact) mass is 486 g/mol. The van der Waals surface area contributed by atoms with Crippen molar-refractivity contribution in [3.05, 3.63) is 88.5 Å². The van der Waals surface area contributed by atoms with Crippen molar-refractivity contribution < 1.29 is 9.84 Å². The molecule has 3 aromatic rings. The minimum atomic E-state index is 0.296. The van der Waals surface area contributed by atoms with E-state index in [0.717, 1.165) is 44.3 Å². The van der Waals surface area contributed by atoms with Crippen LogP contribution in [0.1, 0.15) is 93.5 Å². The molecule has 36 heavy (non-hydrogen) atoms. The Bertz CT molecular complexity index is 1040. The molecule has 0 saturated heterocycles. The fraction of sp³-hybridized carbons (Fsp3) is 0.471. The first kappa shape index (κ1) is 28.0. The maximum Gasteiger partial charge on any atom is 0.120 e. The maximum atomic E-state index is 9.01. The van der Waals surface area contributed by atoms with Crippen molar-refractivity contribution in [2.45, 2.75) is 98.0 Å². The molecule has 194 valence electrons. The van der Waals surface area contributed by atoms with Gasteiger partial charge >= 0.3 is 0 Å². The Morgan fingerprint density at radius 3 is 1.83 bits per heavy atom. The lowest BCUT2D eigenvalue weighted by Gasteiger charge is -2.16. The molecule has 0 fully saturated rings. The highest BCUT2D eigenvalue weighted by atomic mass is 16.5. The molecule has 0 aliphatic carbocycles. The van der Waals surface area contributed by atoms with E-state index in [9.17, 15) is 0 Å². The van der Waals surface area contributed by atoms with Crippen molar-refractivity contribution >= 4 is 0 Å². The summed E-state index contributed by atoms with van der Waals surface area (Å²) in [4.78, 5) is 0. The molecule has 0 atom stereocenters. The number of hydrogen-bond donors (Lipinski definition) is 1. The zero-order valence-electron chi connectivity index (χ0n) is 22.8. The molecule has 0 amide bonds. The van der Waals surface area contributed by atoms with E-state index in [0.29, 0.717) is 13.2 Å². The molecule has 0 aliphatic rings. The van der Waals surface area contributed by atoms with Crippen LogP contribution in [0.25, 0.3) is 11.1 Å². The third-order valence-corrected chi connectivity index (χ3v) is 7.17. The predicted octanol–water partition coefficient (Wildman–Crippen LogP) is 8.89. The quantitative estimate of drug-likeness (QED) is 0.205. The number of aryl methyl sites for hydroxylation is 4. The summed E-state index contributed by atoms with van der Waals surface area (Å²) in [6, 6.07) is 22.5. The van der Waals surface area contributed by atoms with E-state index in [2.05, 4.69) is 81.4 Å². The van der Waals surface area contributed by atoms with Gasteiger partial charge in [0.25, 0.3) is 0 Å². The Morgan fingerprint density at radius 2 is 1.17 bits per heavy atom. The summed E-state index contributed by atoms with van der Waals surface area (Å²) in [6.07, 6.45) is 12.6. The van der Waals surface area contributed by atoms with Crippen molar-refractivity contribution in [1.82, 2.24) is 0 Å². The van der Waals surface area contributed by atoms with Gasteiger partial charge in [-0.3, -0.25) is 0 Å². The summed E-state index contributed by atoms with van der Waals surface area (Å²) < 4.78 is 6.20. The summed E-state index contributed by atoms with van der Waals surface area (Å²) in [5.41, 5.74) is 9.45. The van der Waals surface area contributed by atoms with E-state index in [1.165, 1.54) is 71.0 Å². The van der Waals surface area contributed by atoms with Crippen LogP contribution in [-0.4, -0.2) is 11.7 Å². The molecule has 0 aromatic heterocycles. The molecule has 0 aliphatic heterocycles. The molecule has 0 bridgehead atoms. The molecule has 0 heterocycles. The molecule has 2 heteroatoms. The predicted molar refractivity (Wildman–Crippen MR) is 154 cm³/mol. The lowest BCUT2D eigenvalue weighted by Crippen LogP contribution is -1.99. The van der Waals surface area contributed by atoms with Crippen molar-refractivity contribution in [2.75, 3.05) is 6.61 Å². The Hall–Kier alpha value is -2.58. The summed E-state index contributed by atoms with van der Waals surface area (Å²) in [7, 11) is 0. The first-order valence-electron chi connectivity index (χ1n) is 14.2. The average molecular weight is 487 g/mol. The van der Waals surface area contributed by atoms with Gasteiger partial charge in [-0.05, 0) is 96.0 Å². The van der Waals surface area contributed by atoms with Crippen LogP contribution in [0.5, 0.6) is 5.75 Å². The zero-order valence-corrected chi connectivity index (χ0v) is 22.8. The first-order chi connectivity index (χ1) is 17.7. The van der Waals surface area contributed by atoms with Crippen molar-refractivity contribution in [3.8, 4) is 16.9 Å². The molecule has 3 rings (SSSR count). The SMILES string of the molecule is CCCCCCc1ccc(COc2ccc(-c3ccc(CCCCCO)cc3CC)c(CC)c2)cc1. The highest BCUT2D eigenvalue weighted by molar-refractivity contribution is 5.72. The fourth-order valence-corrected chi connectivity index (χ4v) is 4.92. The normalized spacial score (nSPS) is 11.1. The highest BCUT2D eigenvalue weighted by Gasteiger charge is 2.11. The van der Waals surface area contributed by atoms with E-state index in [4.69, 9.17) is 9.84 Å². The number of ether oxygens (including phenoxy) is 1. The van der Waals surface area contributed by atoms with Crippen LogP contribution in [0, 0.1) is 0 Å². The van der Waals surface area contributed by atoms with Gasteiger partial charge in [0.1, 0.15) is 12.4 Å². The molecule has 0 spiro atoms. The molecular weight excluding hydrogens is 440 g/mol. The van der Waals surface area contributed by atoms with Gasteiger partial charge in [-0.25, -0.2) is 0 Å². The second-order valence-corrected chi connectivity index (χ2v) is 9.97. The molecule has 1 N–H and O–H groups in total. The summed E-state index contributed by atoms with van der Waals surface area (Å²) >= 11 is 0. The lowest BCUT2D eigenvalue weighted by atomic mass is 9.91. The molecule has 0 unspecified atom stereocenters. The number of aliphatic hydroxyl groups excluding tert-OH is 1. The minimum absolute atomic E-state index is 0.296.